The molecule has 0 heterocycles. The molecular formula is C20H24MnN2O6. The number of rotatable bonds is 7. The van der Waals surface area contributed by atoms with Gasteiger partial charge in [-0.25, -0.2) is 0 Å². The van der Waals surface area contributed by atoms with Crippen LogP contribution in [0.15, 0.2) is 71.5 Å². The molecular weight excluding hydrogens is 419 g/mol. The molecule has 0 aliphatic heterocycles. The van der Waals surface area contributed by atoms with Crippen LogP contribution in [0.3, 0.4) is 0 Å². The quantitative estimate of drug-likeness (QED) is 0.307. The number of carbonyl (C=O) groups excluding carboxylic acids is 2. The summed E-state index contributed by atoms with van der Waals surface area (Å²) in [6, 6.07) is 0. The Balaban J connectivity index is 0.00000143. The minimum Gasteiger partial charge on any atom is -0.497 e. The number of ketones is 2. The van der Waals surface area contributed by atoms with Crippen molar-refractivity contribution in [1.29, 1.82) is 0 Å². The first-order valence-electron chi connectivity index (χ1n) is 8.40. The molecule has 0 unspecified atom stereocenters. The van der Waals surface area contributed by atoms with Gasteiger partial charge in [-0.15, -0.1) is 0 Å². The molecule has 0 aromatic rings. The second-order valence-electron chi connectivity index (χ2n) is 5.52. The van der Waals surface area contributed by atoms with Crippen LogP contribution in [0.2, 0.25) is 0 Å². The van der Waals surface area contributed by atoms with Gasteiger partial charge in [-0.2, -0.15) is 0 Å². The molecule has 0 aromatic heterocycles. The topological polar surface area (TPSA) is 114 Å². The van der Waals surface area contributed by atoms with Crippen LogP contribution in [0.25, 0.3) is 0 Å². The maximum atomic E-state index is 11.7. The van der Waals surface area contributed by atoms with Crippen LogP contribution in [-0.4, -0.2) is 50.0 Å². The summed E-state index contributed by atoms with van der Waals surface area (Å²) in [6.45, 7) is 2.26. The van der Waals surface area contributed by atoms with Crippen LogP contribution >= 0.6 is 0 Å². The number of hydrogen-bond acceptors (Lipinski definition) is 7. The minimum atomic E-state index is -0.833. The summed E-state index contributed by atoms with van der Waals surface area (Å²) in [5.41, 5.74) is 1.07. The number of carboxylic acids is 1. The maximum Gasteiger partial charge on any atom is 0.300 e. The summed E-state index contributed by atoms with van der Waals surface area (Å²) >= 11 is 0. The van der Waals surface area contributed by atoms with Gasteiger partial charge >= 0.3 is 0 Å². The van der Waals surface area contributed by atoms with Crippen LogP contribution in [0.1, 0.15) is 6.92 Å². The van der Waals surface area contributed by atoms with E-state index in [0.29, 0.717) is 35.8 Å². The van der Waals surface area contributed by atoms with E-state index in [0.717, 1.165) is 6.92 Å². The summed E-state index contributed by atoms with van der Waals surface area (Å²) in [4.78, 5) is 32.4. The molecule has 29 heavy (non-hydrogen) atoms. The van der Waals surface area contributed by atoms with Crippen LogP contribution in [-0.2, 0) is 40.9 Å². The molecule has 0 saturated heterocycles. The average molecular weight is 443 g/mol. The molecule has 0 fully saturated rings. The second-order valence-corrected chi connectivity index (χ2v) is 5.52. The van der Waals surface area contributed by atoms with Crippen LogP contribution in [0.4, 0.5) is 0 Å². The Labute approximate surface area is 180 Å². The summed E-state index contributed by atoms with van der Waals surface area (Å²) in [6.07, 6.45) is 12.8. The zero-order chi connectivity index (χ0) is 20.9. The molecule has 2 aliphatic rings. The Morgan fingerprint density at radius 3 is 1.55 bits per heavy atom. The second kappa shape index (κ2) is 14.0. The molecule has 0 atom stereocenters. The Morgan fingerprint density at radius 1 is 0.897 bits per heavy atom. The first-order chi connectivity index (χ1) is 13.4. The fourth-order valence-electron chi connectivity index (χ4n) is 2.04. The number of carboxylic acid groups (broad SMARTS) is 1. The van der Waals surface area contributed by atoms with Crippen molar-refractivity contribution in [2.75, 3.05) is 27.3 Å². The molecule has 1 radical (unpaired) electrons. The van der Waals surface area contributed by atoms with E-state index in [9.17, 15) is 9.59 Å². The first-order valence-corrected chi connectivity index (χ1v) is 8.40. The molecule has 0 spiro atoms. The predicted molar refractivity (Wildman–Crippen MR) is 104 cm³/mol. The van der Waals surface area contributed by atoms with Crippen LogP contribution in [0.5, 0.6) is 0 Å². The summed E-state index contributed by atoms with van der Waals surface area (Å²) in [7, 11) is 3.11. The van der Waals surface area contributed by atoms with Crippen molar-refractivity contribution >= 4 is 17.5 Å². The third-order valence-corrected chi connectivity index (χ3v) is 3.36. The van der Waals surface area contributed by atoms with Gasteiger partial charge in [0.05, 0.1) is 14.2 Å². The average Bonchev–Trinajstić information content (AvgIpc) is 2.66. The van der Waals surface area contributed by atoms with Gasteiger partial charge in [0.2, 0.25) is 0 Å². The van der Waals surface area contributed by atoms with Crippen molar-refractivity contribution in [3.05, 3.63) is 71.5 Å². The van der Waals surface area contributed by atoms with Crippen molar-refractivity contribution in [1.82, 2.24) is 10.6 Å². The Kier molecular flexibility index (Phi) is 12.6. The van der Waals surface area contributed by atoms with Gasteiger partial charge in [0.1, 0.15) is 11.5 Å². The van der Waals surface area contributed by atoms with Gasteiger partial charge in [-0.05, 0) is 36.5 Å². The molecule has 9 heteroatoms. The third-order valence-electron chi connectivity index (χ3n) is 3.36. The van der Waals surface area contributed by atoms with Crippen molar-refractivity contribution in [3.63, 3.8) is 0 Å². The van der Waals surface area contributed by atoms with Gasteiger partial charge in [-0.1, -0.05) is 0 Å². The fourth-order valence-corrected chi connectivity index (χ4v) is 2.04. The number of ether oxygens (including phenoxy) is 2. The van der Waals surface area contributed by atoms with Gasteiger partial charge < -0.3 is 25.2 Å². The van der Waals surface area contributed by atoms with E-state index in [1.54, 1.807) is 50.9 Å². The smallest absolute Gasteiger partial charge is 0.300 e. The molecule has 157 valence electrons. The van der Waals surface area contributed by atoms with E-state index in [1.807, 2.05) is 0 Å². The van der Waals surface area contributed by atoms with E-state index in [2.05, 4.69) is 10.6 Å². The number of allylic oxidation sites excluding steroid dienone is 8. The van der Waals surface area contributed by atoms with E-state index in [4.69, 9.17) is 19.4 Å². The molecule has 0 aromatic carbocycles. The Hall–Kier alpha value is -3.03. The molecule has 3 N–H and O–H groups in total. The Bertz CT molecular complexity index is 727. The monoisotopic (exact) mass is 443 g/mol. The van der Waals surface area contributed by atoms with Gasteiger partial charge in [0.25, 0.3) is 5.97 Å². The Morgan fingerprint density at radius 2 is 1.24 bits per heavy atom. The van der Waals surface area contributed by atoms with E-state index in [1.165, 1.54) is 12.2 Å². The zero-order valence-corrected chi connectivity index (χ0v) is 17.6. The standard InChI is InChI=1S/C18H20N2O4.C2H4O2.Mn/c1-23-15-3-5-17(21)13(9-15)11-19-7-8-20-12-14-10-16(24-2)4-6-18(14)22;1-2(3)4;/h3-6,9-12,19-20H,7-8H2,1-2H3;1H3,(H,3,4);/b13-11-,14-12-;;. The molecule has 8 nitrogen and oxygen atoms in total. The minimum absolute atomic E-state index is 0. The van der Waals surface area contributed by atoms with Gasteiger partial charge in [0.15, 0.2) is 11.6 Å². The van der Waals surface area contributed by atoms with Gasteiger partial charge in [-0.3, -0.25) is 14.4 Å². The van der Waals surface area contributed by atoms with Crippen molar-refractivity contribution in [2.24, 2.45) is 0 Å². The van der Waals surface area contributed by atoms with E-state index < -0.39 is 5.97 Å². The molecule has 2 aliphatic carbocycles. The normalized spacial score (nSPS) is 17.5. The largest absolute Gasteiger partial charge is 0.497 e. The number of methoxy groups -OCH3 is 2. The molecule has 2 rings (SSSR count). The van der Waals surface area contributed by atoms with Crippen LogP contribution < -0.4 is 10.6 Å². The molecule has 0 saturated carbocycles. The summed E-state index contributed by atoms with van der Waals surface area (Å²) in [5, 5.41) is 13.5. The zero-order valence-electron chi connectivity index (χ0n) is 16.4. The van der Waals surface area contributed by atoms with Crippen LogP contribution in [0, 0.1) is 0 Å². The maximum absolute atomic E-state index is 11.7. The summed E-state index contributed by atoms with van der Waals surface area (Å²) in [5.74, 6) is 0.288. The third kappa shape index (κ3) is 10.2. The van der Waals surface area contributed by atoms with Crippen molar-refractivity contribution < 1.29 is 46.0 Å². The van der Waals surface area contributed by atoms with Crippen molar-refractivity contribution in [2.45, 2.75) is 6.92 Å². The number of nitrogens with one attached hydrogen (secondary N) is 2. The summed E-state index contributed by atoms with van der Waals surface area (Å²) < 4.78 is 10.2. The number of aliphatic carboxylic acids is 1. The van der Waals surface area contributed by atoms with E-state index in [-0.39, 0.29) is 28.6 Å². The predicted octanol–water partition coefficient (Wildman–Crippen LogP) is 1.36. The fraction of sp³-hybridized carbons (Fsp3) is 0.250. The van der Waals surface area contributed by atoms with Crippen molar-refractivity contribution in [3.8, 4) is 0 Å². The number of hydrogen-bond donors (Lipinski definition) is 3. The first kappa shape index (κ1) is 26.0. The van der Waals surface area contributed by atoms with E-state index >= 15 is 0 Å². The molecule has 0 amide bonds. The SMILES string of the molecule is CC(=O)O.COC1=C/C(=C/NCCN/C=C2/C=C(OC)C=CC2=O)C(=O)C=C1.[Mn]. The van der Waals surface area contributed by atoms with Gasteiger partial charge in [0, 0.05) is 60.6 Å². The number of carbonyl (C=O) groups is 3. The molecule has 0 bridgehead atoms.